The number of carbonyl (C=O) groups excluding carboxylic acids is 1. The van der Waals surface area contributed by atoms with Gasteiger partial charge < -0.3 is 10.3 Å². The van der Waals surface area contributed by atoms with Gasteiger partial charge in [0.2, 0.25) is 5.91 Å². The van der Waals surface area contributed by atoms with Gasteiger partial charge >= 0.3 is 0 Å². The van der Waals surface area contributed by atoms with Crippen molar-refractivity contribution in [1.82, 2.24) is 25.1 Å². The lowest BCUT2D eigenvalue weighted by molar-refractivity contribution is -0.125. The van der Waals surface area contributed by atoms with Crippen molar-refractivity contribution in [3.8, 4) is 0 Å². The van der Waals surface area contributed by atoms with E-state index in [0.29, 0.717) is 13.1 Å². The van der Waals surface area contributed by atoms with Gasteiger partial charge in [-0.2, -0.15) is 5.10 Å². The molecule has 108 valence electrons. The Hall–Kier alpha value is -2.63. The number of rotatable bonds is 5. The molecular formula is C15H17N5O. The molecule has 21 heavy (non-hydrogen) atoms. The van der Waals surface area contributed by atoms with E-state index in [1.807, 2.05) is 31.2 Å². The summed E-state index contributed by atoms with van der Waals surface area (Å²) in [5, 5.41) is 8.10. The zero-order chi connectivity index (χ0) is 14.7. The fraction of sp³-hybridized carbons (Fsp3) is 0.267. The Bertz CT molecular complexity index is 698. The first-order valence-electron chi connectivity index (χ1n) is 6.89. The van der Waals surface area contributed by atoms with E-state index in [-0.39, 0.29) is 11.8 Å². The molecule has 2 N–H and O–H groups in total. The molecule has 0 spiro atoms. The first-order valence-corrected chi connectivity index (χ1v) is 6.89. The quantitative estimate of drug-likeness (QED) is 0.748. The third kappa shape index (κ3) is 3.10. The highest BCUT2D eigenvalue weighted by Crippen LogP contribution is 2.14. The van der Waals surface area contributed by atoms with Gasteiger partial charge in [0.1, 0.15) is 12.7 Å². The number of amides is 1. The van der Waals surface area contributed by atoms with Crippen molar-refractivity contribution in [2.75, 3.05) is 0 Å². The van der Waals surface area contributed by atoms with Crippen LogP contribution in [0, 0.1) is 5.92 Å². The van der Waals surface area contributed by atoms with Crippen molar-refractivity contribution in [3.05, 3.63) is 48.7 Å². The Morgan fingerprint density at radius 3 is 3.05 bits per heavy atom. The monoisotopic (exact) mass is 283 g/mol. The molecule has 0 aliphatic heterocycles. The van der Waals surface area contributed by atoms with Crippen LogP contribution in [0.25, 0.3) is 10.9 Å². The van der Waals surface area contributed by atoms with Crippen LogP contribution in [0.3, 0.4) is 0 Å². The molecule has 0 fully saturated rings. The lowest BCUT2D eigenvalue weighted by Gasteiger charge is -2.11. The van der Waals surface area contributed by atoms with Crippen LogP contribution in [0.5, 0.6) is 0 Å². The number of nitrogens with zero attached hydrogens (tertiary/aromatic N) is 3. The first kappa shape index (κ1) is 13.4. The minimum absolute atomic E-state index is 0.00385. The third-order valence-corrected chi connectivity index (χ3v) is 3.41. The summed E-state index contributed by atoms with van der Waals surface area (Å²) < 4.78 is 1.66. The summed E-state index contributed by atoms with van der Waals surface area (Å²) in [6, 6.07) is 10.1. The van der Waals surface area contributed by atoms with E-state index in [9.17, 15) is 4.79 Å². The maximum Gasteiger partial charge on any atom is 0.225 e. The van der Waals surface area contributed by atoms with E-state index in [1.165, 1.54) is 6.33 Å². The molecule has 1 atom stereocenters. The summed E-state index contributed by atoms with van der Waals surface area (Å²) in [7, 11) is 0. The zero-order valence-corrected chi connectivity index (χ0v) is 11.8. The van der Waals surface area contributed by atoms with E-state index in [0.717, 1.165) is 16.6 Å². The molecule has 3 aromatic rings. The van der Waals surface area contributed by atoms with Gasteiger partial charge in [0.05, 0.1) is 19.0 Å². The number of H-pyrrole nitrogens is 1. The molecule has 0 saturated heterocycles. The lowest BCUT2D eigenvalue weighted by Crippen LogP contribution is -2.31. The van der Waals surface area contributed by atoms with Gasteiger partial charge in [0.15, 0.2) is 0 Å². The van der Waals surface area contributed by atoms with Crippen LogP contribution in [0.15, 0.2) is 43.0 Å². The van der Waals surface area contributed by atoms with Gasteiger partial charge in [0, 0.05) is 11.2 Å². The van der Waals surface area contributed by atoms with Crippen molar-refractivity contribution in [2.45, 2.75) is 20.0 Å². The molecule has 0 aliphatic carbocycles. The van der Waals surface area contributed by atoms with Crippen molar-refractivity contribution < 1.29 is 4.79 Å². The number of aromatic amines is 1. The first-order chi connectivity index (χ1) is 10.2. The number of fused-ring (bicyclic) bond motifs is 1. The highest BCUT2D eigenvalue weighted by molar-refractivity contribution is 5.81. The second-order valence-electron chi connectivity index (χ2n) is 5.12. The number of carbonyl (C=O) groups is 1. The molecule has 0 aliphatic rings. The second kappa shape index (κ2) is 5.78. The molecule has 0 radical (unpaired) electrons. The number of aromatic nitrogens is 4. The minimum Gasteiger partial charge on any atom is -0.357 e. The van der Waals surface area contributed by atoms with Gasteiger partial charge in [-0.3, -0.25) is 9.48 Å². The Morgan fingerprint density at radius 2 is 2.29 bits per heavy atom. The van der Waals surface area contributed by atoms with Crippen molar-refractivity contribution >= 4 is 16.8 Å². The molecule has 6 heteroatoms. The fourth-order valence-electron chi connectivity index (χ4n) is 2.28. The molecular weight excluding hydrogens is 266 g/mol. The van der Waals surface area contributed by atoms with Crippen LogP contribution in [-0.4, -0.2) is 25.7 Å². The van der Waals surface area contributed by atoms with E-state index >= 15 is 0 Å². The molecule has 1 aromatic carbocycles. The molecule has 1 amide bonds. The normalized spacial score (nSPS) is 12.4. The predicted molar refractivity (Wildman–Crippen MR) is 79.3 cm³/mol. The summed E-state index contributed by atoms with van der Waals surface area (Å²) in [6.45, 7) is 2.90. The van der Waals surface area contributed by atoms with E-state index in [2.05, 4.69) is 26.4 Å². The predicted octanol–water partition coefficient (Wildman–Crippen LogP) is 1.71. The summed E-state index contributed by atoms with van der Waals surface area (Å²) in [6.07, 6.45) is 3.08. The van der Waals surface area contributed by atoms with E-state index in [4.69, 9.17) is 0 Å². The summed E-state index contributed by atoms with van der Waals surface area (Å²) in [5.74, 6) is -0.153. The molecule has 3 rings (SSSR count). The Balaban J connectivity index is 1.57. The Labute approximate surface area is 122 Å². The van der Waals surface area contributed by atoms with Gasteiger partial charge in [-0.05, 0) is 17.5 Å². The average Bonchev–Trinajstić information content (AvgIpc) is 3.13. The van der Waals surface area contributed by atoms with Gasteiger partial charge in [-0.1, -0.05) is 25.1 Å². The maximum atomic E-state index is 12.1. The molecule has 2 aromatic heterocycles. The number of benzene rings is 1. The van der Waals surface area contributed by atoms with Gasteiger partial charge in [0.25, 0.3) is 0 Å². The van der Waals surface area contributed by atoms with Crippen LogP contribution in [0.1, 0.15) is 12.6 Å². The van der Waals surface area contributed by atoms with Crippen LogP contribution < -0.4 is 5.32 Å². The van der Waals surface area contributed by atoms with Gasteiger partial charge in [-0.15, -0.1) is 0 Å². The van der Waals surface area contributed by atoms with E-state index < -0.39 is 0 Å². The number of hydrogen-bond acceptors (Lipinski definition) is 3. The Morgan fingerprint density at radius 1 is 1.43 bits per heavy atom. The SMILES string of the molecule is CC(Cn1cncn1)C(=O)NCc1cc2ccccc2[nH]1. The number of para-hydroxylation sites is 1. The van der Waals surface area contributed by atoms with Crippen molar-refractivity contribution in [1.29, 1.82) is 0 Å². The largest absolute Gasteiger partial charge is 0.357 e. The van der Waals surface area contributed by atoms with Gasteiger partial charge in [-0.25, -0.2) is 4.98 Å². The van der Waals surface area contributed by atoms with Crippen LogP contribution in [0.2, 0.25) is 0 Å². The maximum absolute atomic E-state index is 12.1. The number of nitrogens with one attached hydrogen (secondary N) is 2. The minimum atomic E-state index is -0.156. The highest BCUT2D eigenvalue weighted by Gasteiger charge is 2.13. The van der Waals surface area contributed by atoms with E-state index in [1.54, 1.807) is 11.0 Å². The second-order valence-corrected chi connectivity index (χ2v) is 5.12. The molecule has 6 nitrogen and oxygen atoms in total. The fourth-order valence-corrected chi connectivity index (χ4v) is 2.28. The zero-order valence-electron chi connectivity index (χ0n) is 11.8. The number of hydrogen-bond donors (Lipinski definition) is 2. The van der Waals surface area contributed by atoms with Crippen molar-refractivity contribution in [2.24, 2.45) is 5.92 Å². The third-order valence-electron chi connectivity index (χ3n) is 3.41. The summed E-state index contributed by atoms with van der Waals surface area (Å²) >= 11 is 0. The average molecular weight is 283 g/mol. The smallest absolute Gasteiger partial charge is 0.225 e. The standard InChI is InChI=1S/C15H17N5O/c1-11(8-20-10-16-9-18-20)15(21)17-7-13-6-12-4-2-3-5-14(12)19-13/h2-6,9-11,19H,7-8H2,1H3,(H,17,21). The highest BCUT2D eigenvalue weighted by atomic mass is 16.1. The van der Waals surface area contributed by atoms with Crippen LogP contribution in [-0.2, 0) is 17.9 Å². The molecule has 2 heterocycles. The molecule has 1 unspecified atom stereocenters. The molecule has 0 saturated carbocycles. The summed E-state index contributed by atoms with van der Waals surface area (Å²) in [5.41, 5.74) is 2.08. The Kier molecular flexibility index (Phi) is 3.68. The lowest BCUT2D eigenvalue weighted by atomic mass is 10.1. The molecule has 0 bridgehead atoms. The summed E-state index contributed by atoms with van der Waals surface area (Å²) in [4.78, 5) is 19.2. The van der Waals surface area contributed by atoms with Crippen LogP contribution >= 0.6 is 0 Å². The topological polar surface area (TPSA) is 75.6 Å². The van der Waals surface area contributed by atoms with Crippen LogP contribution in [0.4, 0.5) is 0 Å². The van der Waals surface area contributed by atoms with Crippen molar-refractivity contribution in [3.63, 3.8) is 0 Å².